The predicted molar refractivity (Wildman–Crippen MR) is 75.9 cm³/mol. The lowest BCUT2D eigenvalue weighted by atomic mass is 9.94. The molecule has 0 aromatic carbocycles. The second-order valence-corrected chi connectivity index (χ2v) is 5.30. The number of hydrogen-bond donors (Lipinski definition) is 3. The Bertz CT molecular complexity index is 476. The third-order valence-corrected chi connectivity index (χ3v) is 3.64. The molecule has 2 atom stereocenters. The summed E-state index contributed by atoms with van der Waals surface area (Å²) in [5, 5.41) is 3.37. The van der Waals surface area contributed by atoms with Crippen LogP contribution in [0.3, 0.4) is 0 Å². The van der Waals surface area contributed by atoms with Gasteiger partial charge in [0, 0.05) is 12.6 Å². The molecule has 0 bridgehead atoms. The maximum absolute atomic E-state index is 11.3. The number of nitrogens with one attached hydrogen (secondary N) is 1. The molecule has 2 heterocycles. The molecule has 1 amide bonds. The topological polar surface area (TPSA) is 97.3 Å². The van der Waals surface area contributed by atoms with Gasteiger partial charge in [-0.1, -0.05) is 6.92 Å². The van der Waals surface area contributed by atoms with Crippen LogP contribution >= 0.6 is 0 Å². The number of amides is 1. The van der Waals surface area contributed by atoms with Crippen molar-refractivity contribution in [2.24, 2.45) is 11.7 Å². The quantitative estimate of drug-likeness (QED) is 0.738. The van der Waals surface area contributed by atoms with Crippen LogP contribution in [0.2, 0.25) is 0 Å². The number of likely N-dealkylation sites (tertiary alicyclic amines) is 1. The number of pyridine rings is 1. The molecule has 0 spiro atoms. The molecule has 104 valence electrons. The number of nitrogens with two attached hydrogens (primary N) is 2. The van der Waals surface area contributed by atoms with Crippen LogP contribution in [-0.4, -0.2) is 42.0 Å². The van der Waals surface area contributed by atoms with E-state index in [1.54, 1.807) is 6.07 Å². The normalized spacial score (nSPS) is 24.1. The first-order valence-corrected chi connectivity index (χ1v) is 6.47. The first-order valence-electron chi connectivity index (χ1n) is 6.47. The lowest BCUT2D eigenvalue weighted by Crippen LogP contribution is -2.43. The number of aromatic nitrogens is 1. The molecule has 19 heavy (non-hydrogen) atoms. The number of carbonyl (C=O) groups is 1. The van der Waals surface area contributed by atoms with Gasteiger partial charge < -0.3 is 21.7 Å². The van der Waals surface area contributed by atoms with E-state index >= 15 is 0 Å². The number of hydrogen-bond acceptors (Lipinski definition) is 5. The molecule has 6 nitrogen and oxygen atoms in total. The van der Waals surface area contributed by atoms with Gasteiger partial charge in [0.2, 0.25) is 0 Å². The molecule has 1 fully saturated rings. The summed E-state index contributed by atoms with van der Waals surface area (Å²) >= 11 is 0. The van der Waals surface area contributed by atoms with Gasteiger partial charge >= 0.3 is 0 Å². The average Bonchev–Trinajstić information content (AvgIpc) is 2.34. The van der Waals surface area contributed by atoms with Gasteiger partial charge in [-0.05, 0) is 32.0 Å². The van der Waals surface area contributed by atoms with Crippen molar-refractivity contribution in [3.8, 4) is 0 Å². The number of nitrogen functional groups attached to an aromatic ring is 1. The highest BCUT2D eigenvalue weighted by Crippen LogP contribution is 2.21. The van der Waals surface area contributed by atoms with Crippen molar-refractivity contribution in [1.29, 1.82) is 0 Å². The van der Waals surface area contributed by atoms with Gasteiger partial charge in [-0.3, -0.25) is 4.79 Å². The maximum Gasteiger partial charge on any atom is 0.250 e. The van der Waals surface area contributed by atoms with Crippen LogP contribution in [0, 0.1) is 5.92 Å². The Morgan fingerprint density at radius 1 is 1.58 bits per heavy atom. The minimum Gasteiger partial charge on any atom is -0.397 e. The van der Waals surface area contributed by atoms with E-state index in [9.17, 15) is 4.79 Å². The Hall–Kier alpha value is -1.82. The monoisotopic (exact) mass is 263 g/mol. The van der Waals surface area contributed by atoms with Gasteiger partial charge in [-0.15, -0.1) is 0 Å². The summed E-state index contributed by atoms with van der Waals surface area (Å²) in [4.78, 5) is 17.8. The van der Waals surface area contributed by atoms with Crippen LogP contribution in [0.15, 0.2) is 12.3 Å². The molecule has 1 saturated heterocycles. The van der Waals surface area contributed by atoms with E-state index in [2.05, 4.69) is 29.2 Å². The molecule has 2 rings (SSSR count). The van der Waals surface area contributed by atoms with E-state index in [1.165, 1.54) is 6.20 Å². The minimum absolute atomic E-state index is 0.314. The van der Waals surface area contributed by atoms with Crippen LogP contribution in [0.25, 0.3) is 0 Å². The van der Waals surface area contributed by atoms with E-state index in [1.807, 2.05) is 0 Å². The van der Waals surface area contributed by atoms with Crippen molar-refractivity contribution in [2.75, 3.05) is 31.2 Å². The van der Waals surface area contributed by atoms with E-state index in [0.29, 0.717) is 29.0 Å². The number of piperidine rings is 1. The molecule has 0 saturated carbocycles. The second-order valence-electron chi connectivity index (χ2n) is 5.30. The Labute approximate surface area is 113 Å². The SMILES string of the molecule is CC1CN(C)CCC1Nc1cc(C(N)=O)c(N)cn1. The van der Waals surface area contributed by atoms with Crippen LogP contribution < -0.4 is 16.8 Å². The molecule has 5 N–H and O–H groups in total. The fourth-order valence-electron chi connectivity index (χ4n) is 2.52. The number of carbonyl (C=O) groups excluding carboxylic acids is 1. The van der Waals surface area contributed by atoms with Crippen LogP contribution in [0.4, 0.5) is 11.5 Å². The van der Waals surface area contributed by atoms with E-state index in [4.69, 9.17) is 11.5 Å². The summed E-state index contributed by atoms with van der Waals surface area (Å²) < 4.78 is 0. The number of rotatable bonds is 3. The highest BCUT2D eigenvalue weighted by atomic mass is 16.1. The Morgan fingerprint density at radius 2 is 2.32 bits per heavy atom. The van der Waals surface area contributed by atoms with Crippen LogP contribution in [0.5, 0.6) is 0 Å². The summed E-state index contributed by atoms with van der Waals surface area (Å²) in [7, 11) is 2.12. The van der Waals surface area contributed by atoms with E-state index in [-0.39, 0.29) is 0 Å². The fourth-order valence-corrected chi connectivity index (χ4v) is 2.52. The standard InChI is InChI=1S/C13H21N5O/c1-8-7-18(2)4-3-11(8)17-12-5-9(13(15)19)10(14)6-16-12/h5-6,8,11H,3-4,7,14H2,1-2H3,(H2,15,19)(H,16,17). The zero-order valence-corrected chi connectivity index (χ0v) is 11.4. The second kappa shape index (κ2) is 5.44. The third kappa shape index (κ3) is 3.14. The van der Waals surface area contributed by atoms with E-state index < -0.39 is 5.91 Å². The summed E-state index contributed by atoms with van der Waals surface area (Å²) in [6, 6.07) is 1.98. The van der Waals surface area contributed by atoms with Gasteiger partial charge in [0.1, 0.15) is 5.82 Å². The van der Waals surface area contributed by atoms with Crippen molar-refractivity contribution in [1.82, 2.24) is 9.88 Å². The lowest BCUT2D eigenvalue weighted by Gasteiger charge is -2.35. The number of anilines is 2. The Balaban J connectivity index is 2.11. The van der Waals surface area contributed by atoms with Gasteiger partial charge in [-0.2, -0.15) is 0 Å². The van der Waals surface area contributed by atoms with Crippen molar-refractivity contribution in [2.45, 2.75) is 19.4 Å². The highest BCUT2D eigenvalue weighted by Gasteiger charge is 2.24. The summed E-state index contributed by atoms with van der Waals surface area (Å²) in [6.07, 6.45) is 2.53. The molecule has 1 aliphatic rings. The van der Waals surface area contributed by atoms with Crippen molar-refractivity contribution >= 4 is 17.4 Å². The molecule has 1 aliphatic heterocycles. The largest absolute Gasteiger partial charge is 0.397 e. The molecule has 6 heteroatoms. The zero-order chi connectivity index (χ0) is 14.0. The third-order valence-electron chi connectivity index (χ3n) is 3.64. The molecule has 0 radical (unpaired) electrons. The number of nitrogens with zero attached hydrogens (tertiary/aromatic N) is 2. The average molecular weight is 263 g/mol. The summed E-state index contributed by atoms with van der Waals surface area (Å²) in [6.45, 7) is 4.31. The zero-order valence-electron chi connectivity index (χ0n) is 11.4. The molecule has 2 unspecified atom stereocenters. The van der Waals surface area contributed by atoms with Crippen molar-refractivity contribution < 1.29 is 4.79 Å². The smallest absolute Gasteiger partial charge is 0.250 e. The molecule has 1 aromatic heterocycles. The van der Waals surface area contributed by atoms with Gasteiger partial charge in [0.15, 0.2) is 0 Å². The van der Waals surface area contributed by atoms with E-state index in [0.717, 1.165) is 19.5 Å². The van der Waals surface area contributed by atoms with Gasteiger partial charge in [0.25, 0.3) is 5.91 Å². The van der Waals surface area contributed by atoms with Crippen LogP contribution in [0.1, 0.15) is 23.7 Å². The summed E-state index contributed by atoms with van der Waals surface area (Å²) in [5.74, 6) is 0.652. The predicted octanol–water partition coefficient (Wildman–Crippen LogP) is 0.515. The van der Waals surface area contributed by atoms with Gasteiger partial charge in [0.05, 0.1) is 17.4 Å². The lowest BCUT2D eigenvalue weighted by molar-refractivity contribution is 0.100. The van der Waals surface area contributed by atoms with Crippen molar-refractivity contribution in [3.63, 3.8) is 0 Å². The summed E-state index contributed by atoms with van der Waals surface area (Å²) in [5.41, 5.74) is 11.6. The first-order chi connectivity index (χ1) is 8.97. The molecular formula is C13H21N5O. The van der Waals surface area contributed by atoms with Crippen LogP contribution in [-0.2, 0) is 0 Å². The molecule has 1 aromatic rings. The highest BCUT2D eigenvalue weighted by molar-refractivity contribution is 5.98. The fraction of sp³-hybridized carbons (Fsp3) is 0.538. The minimum atomic E-state index is -0.528. The number of primary amides is 1. The first kappa shape index (κ1) is 13.6. The Kier molecular flexibility index (Phi) is 3.90. The maximum atomic E-state index is 11.3. The molecular weight excluding hydrogens is 242 g/mol. The van der Waals surface area contributed by atoms with Crippen molar-refractivity contribution in [3.05, 3.63) is 17.8 Å². The Morgan fingerprint density at radius 3 is 2.95 bits per heavy atom. The molecule has 0 aliphatic carbocycles. The van der Waals surface area contributed by atoms with Gasteiger partial charge in [-0.25, -0.2) is 4.98 Å².